The standard InChI is InChI=1S/C30H48I3N4O10P/c1-10-13-22(45-9)15-17-32(48(44,46-11-2)47-12-3)35-23-18-21(36(5)6)14-16-31(25(39)19-24(23)38)20-33(4,43)28(37(7)8)27(40)26(29(33)41)30(34)42/h10,13-15,17-19,28,35,38,40,43H,1,11-12,16,20H2,2-9H3,(H2,34,42)/b17-15-,21-14-,22-13+,23-18?,24-19?/t28-/m1/s1. The van der Waals surface area contributed by atoms with Crippen LogP contribution in [0.3, 0.4) is 0 Å². The van der Waals surface area contributed by atoms with Crippen molar-refractivity contribution in [1.29, 1.82) is 0 Å². The molecule has 1 atom stereocenters. The number of carbonyl (C=O) groups is 3. The van der Waals surface area contributed by atoms with Crippen LogP contribution in [-0.2, 0) is 32.7 Å². The fourth-order valence-corrected chi connectivity index (χ4v) is 45.8. The van der Waals surface area contributed by atoms with Crippen molar-refractivity contribution in [3.05, 3.63) is 81.4 Å². The van der Waals surface area contributed by atoms with Gasteiger partial charge in [0.15, 0.2) is 0 Å². The number of aliphatic hydroxyl groups is 2. The molecule has 0 aromatic heterocycles. The predicted octanol–water partition coefficient (Wildman–Crippen LogP) is 5.02. The molecule has 2 aliphatic rings. The van der Waals surface area contributed by atoms with E-state index in [0.717, 1.165) is 6.08 Å². The molecule has 1 amide bonds. The molecule has 0 bridgehead atoms. The van der Waals surface area contributed by atoms with E-state index in [1.807, 2.05) is 0 Å². The van der Waals surface area contributed by atoms with Gasteiger partial charge in [-0.05, 0) is 0 Å². The third kappa shape index (κ3) is 9.52. The molecule has 0 spiro atoms. The number of methoxy groups -OCH3 is 1. The summed E-state index contributed by atoms with van der Waals surface area (Å²) in [5.41, 5.74) is 5.48. The minimum absolute atomic E-state index is 0.0897. The van der Waals surface area contributed by atoms with Crippen molar-refractivity contribution in [2.75, 3.05) is 60.3 Å². The first-order valence-electron chi connectivity index (χ1n) is 14.3. The maximum atomic E-state index is 14.1. The Morgan fingerprint density at radius 3 is 2.29 bits per heavy atom. The molecule has 0 saturated carbocycles. The number of hydrogen-bond donors (Lipinski definition) is 5. The number of ether oxygens (including phenoxy) is 1. The number of nitrogens with zero attached hydrogens (tertiary/aromatic N) is 2. The van der Waals surface area contributed by atoms with E-state index in [4.69, 9.17) is 19.5 Å². The van der Waals surface area contributed by atoms with Gasteiger partial charge in [-0.15, -0.1) is 0 Å². The van der Waals surface area contributed by atoms with Gasteiger partial charge in [0.05, 0.1) is 0 Å². The number of halogens is 3. The summed E-state index contributed by atoms with van der Waals surface area (Å²) in [6, 6.07) is 0. The summed E-state index contributed by atoms with van der Waals surface area (Å²) < 4.78 is 45.5. The van der Waals surface area contributed by atoms with Gasteiger partial charge in [0.25, 0.3) is 0 Å². The molecule has 2 aliphatic heterocycles. The number of alkyl halides is 5. The third-order valence-electron chi connectivity index (χ3n) is 6.70. The van der Waals surface area contributed by atoms with Crippen molar-refractivity contribution in [3.63, 3.8) is 0 Å². The molecule has 6 N–H and O–H groups in total. The van der Waals surface area contributed by atoms with Gasteiger partial charge < -0.3 is 0 Å². The molecule has 0 aromatic rings. The summed E-state index contributed by atoms with van der Waals surface area (Å²) in [5.74, 6) is -1.76. The Bertz CT molecular complexity index is 1520. The summed E-state index contributed by atoms with van der Waals surface area (Å²) in [5, 5.41) is 18.6. The van der Waals surface area contributed by atoms with Gasteiger partial charge in [0, 0.05) is 0 Å². The number of nitrogens with two attached hydrogens (primary N) is 1. The van der Waals surface area contributed by atoms with Gasteiger partial charge in [-0.25, -0.2) is 0 Å². The minimum atomic E-state index is -5.54. The van der Waals surface area contributed by atoms with Crippen LogP contribution in [0.15, 0.2) is 81.4 Å². The second kappa shape index (κ2) is 17.5. The summed E-state index contributed by atoms with van der Waals surface area (Å²) in [4.78, 5) is 44.5. The molecule has 2 heterocycles. The Hall–Kier alpha value is -1.75. The molecule has 14 nitrogen and oxygen atoms in total. The molecule has 0 aliphatic carbocycles. The fraction of sp³-hybridized carbons (Fsp3) is 0.433. The normalized spacial score (nSPS) is 23.2. The predicted molar refractivity (Wildman–Crippen MR) is 215 cm³/mol. The van der Waals surface area contributed by atoms with Gasteiger partial charge in [-0.3, -0.25) is 0 Å². The number of primary amides is 1. The molecule has 0 unspecified atom stereocenters. The second-order valence-corrected chi connectivity index (χ2v) is 41.1. The van der Waals surface area contributed by atoms with Crippen LogP contribution in [0.25, 0.3) is 0 Å². The zero-order valence-corrected chi connectivity index (χ0v) is 35.8. The Balaban J connectivity index is 2.70. The number of nitrogens with one attached hydrogen (secondary N) is 1. The van der Waals surface area contributed by atoms with Crippen molar-refractivity contribution in [2.45, 2.75) is 17.9 Å². The number of carbonyl (C=O) groups excluding carboxylic acids is 3. The average molecular weight is 1040 g/mol. The van der Waals surface area contributed by atoms with Gasteiger partial charge in [0.1, 0.15) is 0 Å². The van der Waals surface area contributed by atoms with Gasteiger partial charge in [-0.1, -0.05) is 0 Å². The van der Waals surface area contributed by atoms with Gasteiger partial charge in [-0.2, -0.15) is 0 Å². The maximum absolute atomic E-state index is 14.1. The molecule has 0 aromatic carbocycles. The van der Waals surface area contributed by atoms with Crippen molar-refractivity contribution in [3.8, 4) is 0 Å². The molecule has 48 heavy (non-hydrogen) atoms. The third-order valence-corrected chi connectivity index (χ3v) is 45.2. The van der Waals surface area contributed by atoms with Crippen molar-refractivity contribution < 1.29 is 46.4 Å². The number of aliphatic hydroxyl groups excluding tert-OH is 2. The van der Waals surface area contributed by atoms with Gasteiger partial charge in [0.2, 0.25) is 0 Å². The Kier molecular flexibility index (Phi) is 15.4. The van der Waals surface area contributed by atoms with Crippen LogP contribution in [0.1, 0.15) is 13.8 Å². The Morgan fingerprint density at radius 2 is 1.81 bits per heavy atom. The first-order chi connectivity index (χ1) is 22.3. The van der Waals surface area contributed by atoms with Crippen LogP contribution in [0.4, 0.5) is 0 Å². The molecular formula is C30H48I3N4O10P. The van der Waals surface area contributed by atoms with Crippen LogP contribution in [0.5, 0.6) is 0 Å². The summed E-state index contributed by atoms with van der Waals surface area (Å²) in [7, 11) is 8.13. The van der Waals surface area contributed by atoms with Crippen LogP contribution < -0.4 is 9.26 Å². The monoisotopic (exact) mass is 1040 g/mol. The van der Waals surface area contributed by atoms with E-state index in [1.165, 1.54) is 23.0 Å². The van der Waals surface area contributed by atoms with Crippen LogP contribution in [0.2, 0.25) is 0 Å². The van der Waals surface area contributed by atoms with E-state index in [9.17, 15) is 32.6 Å². The van der Waals surface area contributed by atoms with Crippen LogP contribution in [0, 0.1) is 0 Å². The van der Waals surface area contributed by atoms with Crippen LogP contribution >= 0.6 is 62.1 Å². The van der Waals surface area contributed by atoms with Crippen molar-refractivity contribution in [2.24, 2.45) is 5.73 Å². The summed E-state index contributed by atoms with van der Waals surface area (Å²) >= 11 is -11.9. The zero-order chi connectivity index (χ0) is 36.6. The fourth-order valence-electron chi connectivity index (χ4n) is 4.65. The van der Waals surface area contributed by atoms with E-state index >= 15 is 0 Å². The average Bonchev–Trinajstić information content (AvgIpc) is 3.17. The molecule has 2 rings (SSSR count). The molecule has 0 saturated heterocycles. The number of allylic oxidation sites excluding steroid dienone is 6. The van der Waals surface area contributed by atoms with Crippen molar-refractivity contribution >= 4 is 75.6 Å². The second-order valence-electron chi connectivity index (χ2n) is 10.8. The number of amides is 1. The Morgan fingerprint density at radius 1 is 1.21 bits per heavy atom. The van der Waals surface area contributed by atoms with E-state index in [2.05, 4.69) is 10.1 Å². The number of rotatable bonds is 16. The molecule has 274 valence electrons. The SMILES string of the molecule is C=C/C=C(\C=C/I(NC1=C/C(N(C)C)=C/CI(CI2(C)(O)C(=O)C(C(N)=O)=C(O)[C@H]2N(C)C)C(=O)C=C1O)P(=O)(OCC)OCC)OC. The van der Waals surface area contributed by atoms with Crippen LogP contribution in [-0.4, -0.2) is 101 Å². The van der Waals surface area contributed by atoms with E-state index in [0.29, 0.717) is 11.5 Å². The number of hydrogen-bond acceptors (Lipinski definition) is 13. The first-order valence-corrected chi connectivity index (χ1v) is 32.1. The molecular weight excluding hydrogens is 988 g/mol. The quantitative estimate of drug-likeness (QED) is 0.0159. The topological polar surface area (TPSA) is 201 Å². The molecule has 18 heteroatoms. The van der Waals surface area contributed by atoms with E-state index < -0.39 is 96.7 Å². The van der Waals surface area contributed by atoms with E-state index in [1.54, 1.807) is 75.3 Å². The van der Waals surface area contributed by atoms with Crippen molar-refractivity contribution in [1.82, 2.24) is 13.3 Å². The van der Waals surface area contributed by atoms with E-state index in [-0.39, 0.29) is 25.8 Å². The summed E-state index contributed by atoms with van der Waals surface area (Å²) in [6.45, 7) is 7.23. The van der Waals surface area contributed by atoms with Gasteiger partial charge >= 0.3 is 301 Å². The Labute approximate surface area is 298 Å². The molecule has 0 radical (unpaired) electrons. The molecule has 0 fully saturated rings. The number of likely N-dealkylation sites (N-methyl/N-ethyl adjacent to an activating group) is 2. The summed E-state index contributed by atoms with van der Waals surface area (Å²) in [6.07, 6.45) is 9.20. The zero-order valence-electron chi connectivity index (χ0n) is 28.4. The first kappa shape index (κ1) is 42.4.